The minimum absolute atomic E-state index is 0.0642. The summed E-state index contributed by atoms with van der Waals surface area (Å²) in [6.07, 6.45) is 13.9. The van der Waals surface area contributed by atoms with Gasteiger partial charge in [0.05, 0.1) is 19.0 Å². The van der Waals surface area contributed by atoms with Crippen molar-refractivity contribution in [3.8, 4) is 0 Å². The molecule has 4 aliphatic carbocycles. The number of aliphatic hydroxyl groups is 2. The van der Waals surface area contributed by atoms with Crippen molar-refractivity contribution in [3.05, 3.63) is 23.3 Å². The molecular weight excluding hydrogens is 666 g/mol. The number of carbonyl (C=O) groups is 1. The summed E-state index contributed by atoms with van der Waals surface area (Å²) < 4.78 is 13.7. The Balaban J connectivity index is 0.995. The minimum atomic E-state index is -1.10. The molecule has 1 aliphatic heterocycles. The van der Waals surface area contributed by atoms with Crippen molar-refractivity contribution in [2.45, 2.75) is 143 Å². The number of anilines is 1. The largest absolute Gasteiger partial charge is 0.446 e. The molecule has 2 aromatic heterocycles. The SMILES string of the molecule is CC(C)[C@H](C)CC[C@@H](C)[C@H]1CC[C@H]2[C@@H]3CC=C4C[C@@H](OC(=O)Nc5nc(Cl)nc6c5ncn6[C@H]5C[C@H](O)[C@@](C)(CO)O5)CC[C@]4(C)[C@H]3CC[C@]12C. The lowest BCUT2D eigenvalue weighted by Gasteiger charge is -2.58. The van der Waals surface area contributed by atoms with Crippen LogP contribution >= 0.6 is 11.6 Å². The van der Waals surface area contributed by atoms with Crippen LogP contribution in [0.25, 0.3) is 11.2 Å². The van der Waals surface area contributed by atoms with Crippen LogP contribution in [-0.2, 0) is 9.47 Å². The lowest BCUT2D eigenvalue weighted by atomic mass is 9.47. The fourth-order valence-corrected chi connectivity index (χ4v) is 11.6. The normalized spacial score (nSPS) is 38.9. The number of fused-ring (bicyclic) bond motifs is 6. The monoisotopic (exact) mass is 725 g/mol. The third kappa shape index (κ3) is 6.52. The van der Waals surface area contributed by atoms with E-state index >= 15 is 0 Å². The van der Waals surface area contributed by atoms with E-state index in [0.29, 0.717) is 22.5 Å². The van der Waals surface area contributed by atoms with Crippen molar-refractivity contribution in [1.29, 1.82) is 0 Å². The maximum atomic E-state index is 13.3. The van der Waals surface area contributed by atoms with Gasteiger partial charge in [0.2, 0.25) is 5.28 Å². The Morgan fingerprint density at radius 1 is 1.10 bits per heavy atom. The first-order valence-corrected chi connectivity index (χ1v) is 20.1. The van der Waals surface area contributed by atoms with Crippen LogP contribution < -0.4 is 5.32 Å². The van der Waals surface area contributed by atoms with Crippen LogP contribution in [0.15, 0.2) is 18.0 Å². The third-order valence-corrected chi connectivity index (χ3v) is 15.3. The zero-order chi connectivity index (χ0) is 36.5. The van der Waals surface area contributed by atoms with E-state index in [4.69, 9.17) is 21.1 Å². The van der Waals surface area contributed by atoms with E-state index in [1.165, 1.54) is 50.4 Å². The van der Waals surface area contributed by atoms with E-state index in [9.17, 15) is 15.0 Å². The van der Waals surface area contributed by atoms with E-state index < -0.39 is 24.0 Å². The van der Waals surface area contributed by atoms with Crippen LogP contribution in [0, 0.1) is 52.3 Å². The van der Waals surface area contributed by atoms with Gasteiger partial charge in [-0.25, -0.2) is 9.78 Å². The summed E-state index contributed by atoms with van der Waals surface area (Å²) in [7, 11) is 0. The van der Waals surface area contributed by atoms with E-state index in [1.54, 1.807) is 11.5 Å². The van der Waals surface area contributed by atoms with Gasteiger partial charge < -0.3 is 19.7 Å². The van der Waals surface area contributed by atoms with Gasteiger partial charge in [-0.1, -0.05) is 66.0 Å². The second-order valence-corrected chi connectivity index (χ2v) is 18.5. The van der Waals surface area contributed by atoms with Crippen LogP contribution in [0.3, 0.4) is 0 Å². The molecule has 3 heterocycles. The van der Waals surface area contributed by atoms with Crippen molar-refractivity contribution >= 4 is 34.7 Å². The van der Waals surface area contributed by atoms with Crippen LogP contribution in [0.5, 0.6) is 0 Å². The molecule has 0 spiro atoms. The number of imidazole rings is 1. The Morgan fingerprint density at radius 3 is 2.61 bits per heavy atom. The number of nitrogens with zero attached hydrogens (tertiary/aromatic N) is 4. The van der Waals surface area contributed by atoms with Gasteiger partial charge in [0.1, 0.15) is 17.9 Å². The Labute approximate surface area is 308 Å². The molecule has 3 N–H and O–H groups in total. The Hall–Kier alpha value is -2.27. The molecule has 0 bridgehead atoms. The van der Waals surface area contributed by atoms with Gasteiger partial charge in [0.15, 0.2) is 17.0 Å². The molecule has 10 nitrogen and oxygen atoms in total. The second-order valence-electron chi connectivity index (χ2n) is 18.1. The highest BCUT2D eigenvalue weighted by Crippen LogP contribution is 2.67. The molecule has 51 heavy (non-hydrogen) atoms. The summed E-state index contributed by atoms with van der Waals surface area (Å²) in [6, 6.07) is 0. The first-order chi connectivity index (χ1) is 24.2. The zero-order valence-electron chi connectivity index (χ0n) is 31.7. The van der Waals surface area contributed by atoms with Gasteiger partial charge in [-0.2, -0.15) is 9.97 Å². The molecule has 5 aliphatic rings. The third-order valence-electron chi connectivity index (χ3n) is 15.1. The summed E-state index contributed by atoms with van der Waals surface area (Å²) in [5, 5.41) is 23.0. The number of allylic oxidation sites excluding steroid dienone is 1. The number of hydrogen-bond donors (Lipinski definition) is 3. The van der Waals surface area contributed by atoms with Gasteiger partial charge in [-0.15, -0.1) is 0 Å². The zero-order valence-corrected chi connectivity index (χ0v) is 32.5. The van der Waals surface area contributed by atoms with Crippen molar-refractivity contribution in [3.63, 3.8) is 0 Å². The van der Waals surface area contributed by atoms with Gasteiger partial charge in [-0.3, -0.25) is 9.88 Å². The van der Waals surface area contributed by atoms with Gasteiger partial charge in [0.25, 0.3) is 0 Å². The highest BCUT2D eigenvalue weighted by atomic mass is 35.5. The first-order valence-electron chi connectivity index (χ1n) is 19.7. The Bertz CT molecular complexity index is 1650. The topological polar surface area (TPSA) is 132 Å². The summed E-state index contributed by atoms with van der Waals surface area (Å²) in [6.45, 7) is 16.2. The molecule has 12 atom stereocenters. The standard InChI is InChI=1S/C40H60ClN5O5/c1-22(2)23(3)8-9-24(4)28-12-13-29-27-11-10-25-18-26(14-16-38(25,5)30(27)15-17-39(28,29)6)50-37(49)44-34-33-35(45-36(41)43-34)46(21-42-33)32-19-31(48)40(7,20-47)51-32/h10,21-24,26-32,47-48H,8-9,11-20H2,1-7H3,(H,43,44,45,49)/t23-,24-,26+,27+,28-,29+,30+,31+,32-,38+,39-,40-/m1/s1. The van der Waals surface area contributed by atoms with Crippen LogP contribution in [-0.4, -0.2) is 60.2 Å². The summed E-state index contributed by atoms with van der Waals surface area (Å²) in [4.78, 5) is 26.4. The van der Waals surface area contributed by atoms with Crippen molar-refractivity contribution in [2.75, 3.05) is 11.9 Å². The number of nitrogens with one attached hydrogen (secondary N) is 1. The lowest BCUT2D eigenvalue weighted by Crippen LogP contribution is -2.51. The molecule has 0 radical (unpaired) electrons. The molecule has 1 amide bonds. The van der Waals surface area contributed by atoms with Gasteiger partial charge >= 0.3 is 6.09 Å². The Kier molecular flexibility index (Phi) is 10.1. The van der Waals surface area contributed by atoms with Gasteiger partial charge in [0, 0.05) is 12.8 Å². The smallest absolute Gasteiger partial charge is 0.413 e. The maximum absolute atomic E-state index is 13.3. The predicted molar refractivity (Wildman–Crippen MR) is 198 cm³/mol. The number of aliphatic hydroxyl groups excluding tert-OH is 2. The highest BCUT2D eigenvalue weighted by molar-refractivity contribution is 6.28. The van der Waals surface area contributed by atoms with Crippen molar-refractivity contribution < 1.29 is 24.5 Å². The molecule has 2 aromatic rings. The molecule has 3 saturated carbocycles. The van der Waals surface area contributed by atoms with E-state index in [2.05, 4.69) is 67.9 Å². The number of amides is 1. The second kappa shape index (κ2) is 13.9. The highest BCUT2D eigenvalue weighted by Gasteiger charge is 2.59. The number of halogens is 1. The molecule has 282 valence electrons. The summed E-state index contributed by atoms with van der Waals surface area (Å²) in [5.41, 5.74) is 1.68. The van der Waals surface area contributed by atoms with Crippen LogP contribution in [0.4, 0.5) is 10.6 Å². The summed E-state index contributed by atoms with van der Waals surface area (Å²) in [5.74, 6) is 5.62. The van der Waals surface area contributed by atoms with Crippen molar-refractivity contribution in [1.82, 2.24) is 19.5 Å². The average molecular weight is 726 g/mol. The minimum Gasteiger partial charge on any atom is -0.446 e. The lowest BCUT2D eigenvalue weighted by molar-refractivity contribution is -0.115. The van der Waals surface area contributed by atoms with E-state index in [-0.39, 0.29) is 35.6 Å². The average Bonchev–Trinajstić information content (AvgIpc) is 3.76. The molecule has 7 rings (SSSR count). The van der Waals surface area contributed by atoms with Crippen LogP contribution in [0.1, 0.15) is 125 Å². The molecule has 0 unspecified atom stereocenters. The maximum Gasteiger partial charge on any atom is 0.413 e. The van der Waals surface area contributed by atoms with Gasteiger partial charge in [-0.05, 0) is 116 Å². The number of ether oxygens (including phenoxy) is 2. The fourth-order valence-electron chi connectivity index (χ4n) is 11.4. The predicted octanol–water partition coefficient (Wildman–Crippen LogP) is 8.72. The molecular formula is C40H60ClN5O5. The number of aromatic nitrogens is 4. The molecule has 4 fully saturated rings. The van der Waals surface area contributed by atoms with E-state index in [0.717, 1.165) is 61.2 Å². The molecule has 0 aromatic carbocycles. The fraction of sp³-hybridized carbons (Fsp3) is 0.800. The van der Waals surface area contributed by atoms with Crippen molar-refractivity contribution in [2.24, 2.45) is 52.3 Å². The van der Waals surface area contributed by atoms with E-state index in [1.807, 2.05) is 0 Å². The first kappa shape index (κ1) is 37.1. The number of rotatable bonds is 9. The Morgan fingerprint density at radius 2 is 1.88 bits per heavy atom. The van der Waals surface area contributed by atoms with Crippen LogP contribution in [0.2, 0.25) is 5.28 Å². The summed E-state index contributed by atoms with van der Waals surface area (Å²) >= 11 is 6.30. The quantitative estimate of drug-likeness (QED) is 0.173. The number of hydrogen-bond acceptors (Lipinski definition) is 8. The molecule has 11 heteroatoms. The number of carbonyl (C=O) groups excluding carboxylic acids is 1. The molecule has 1 saturated heterocycles.